The van der Waals surface area contributed by atoms with Gasteiger partial charge in [-0.1, -0.05) is 53.2 Å². The van der Waals surface area contributed by atoms with E-state index in [1.165, 1.54) is 12.1 Å². The van der Waals surface area contributed by atoms with Crippen molar-refractivity contribution in [2.45, 2.75) is 18.7 Å². The molecule has 20 heavy (non-hydrogen) atoms. The molecule has 0 atom stereocenters. The Hall–Kier alpha value is -2.14. The minimum absolute atomic E-state index is 0.0905. The minimum atomic E-state index is -3.87. The Kier molecular flexibility index (Phi) is 4.20. The van der Waals surface area contributed by atoms with Crippen LogP contribution < -0.4 is 0 Å². The molecule has 0 saturated heterocycles. The summed E-state index contributed by atoms with van der Waals surface area (Å²) in [5.41, 5.74) is 2.29. The van der Waals surface area contributed by atoms with E-state index in [4.69, 9.17) is 4.28 Å². The lowest BCUT2D eigenvalue weighted by Crippen LogP contribution is -2.05. The van der Waals surface area contributed by atoms with Crippen LogP contribution in [0, 0.1) is 6.92 Å². The molecule has 0 bridgehead atoms. The first kappa shape index (κ1) is 14.3. The number of benzene rings is 2. The summed E-state index contributed by atoms with van der Waals surface area (Å²) in [7, 11) is -3.87. The molecule has 2 aromatic carbocycles. The number of nitrogens with zero attached hydrogens (tertiary/aromatic N) is 1. The quantitative estimate of drug-likeness (QED) is 0.642. The fourth-order valence-corrected chi connectivity index (χ4v) is 2.35. The number of hydrogen-bond donors (Lipinski definition) is 0. The van der Waals surface area contributed by atoms with Gasteiger partial charge in [0.1, 0.15) is 4.90 Å². The zero-order chi connectivity index (χ0) is 14.6. The molecular formula is C15H15NO3S. The Morgan fingerprint density at radius 1 is 1.00 bits per heavy atom. The molecule has 0 aromatic heterocycles. The van der Waals surface area contributed by atoms with E-state index in [9.17, 15) is 8.42 Å². The first-order chi connectivity index (χ1) is 9.49. The summed E-state index contributed by atoms with van der Waals surface area (Å²) >= 11 is 0. The molecule has 0 radical (unpaired) electrons. The average molecular weight is 289 g/mol. The van der Waals surface area contributed by atoms with Crippen molar-refractivity contribution in [1.29, 1.82) is 0 Å². The fourth-order valence-electron chi connectivity index (χ4n) is 1.58. The zero-order valence-electron chi connectivity index (χ0n) is 11.3. The largest absolute Gasteiger partial charge is 0.358 e. The normalized spacial score (nSPS) is 12.2. The van der Waals surface area contributed by atoms with Crippen LogP contribution in [-0.4, -0.2) is 14.1 Å². The van der Waals surface area contributed by atoms with Crippen molar-refractivity contribution < 1.29 is 12.7 Å². The van der Waals surface area contributed by atoms with Crippen LogP contribution in [0.1, 0.15) is 18.1 Å². The first-order valence-electron chi connectivity index (χ1n) is 6.09. The molecule has 0 aliphatic carbocycles. The molecule has 0 aliphatic heterocycles. The minimum Gasteiger partial charge on any atom is -0.265 e. The molecule has 4 nitrogen and oxygen atoms in total. The maximum Gasteiger partial charge on any atom is 0.358 e. The van der Waals surface area contributed by atoms with Crippen molar-refractivity contribution in [2.24, 2.45) is 5.16 Å². The summed E-state index contributed by atoms with van der Waals surface area (Å²) in [5.74, 6) is 0. The Morgan fingerprint density at radius 2 is 1.60 bits per heavy atom. The van der Waals surface area contributed by atoms with Crippen LogP contribution in [0.25, 0.3) is 0 Å². The molecular weight excluding hydrogens is 274 g/mol. The molecule has 0 amide bonds. The van der Waals surface area contributed by atoms with Crippen LogP contribution in [0.5, 0.6) is 0 Å². The van der Waals surface area contributed by atoms with Crippen molar-refractivity contribution in [3.63, 3.8) is 0 Å². The van der Waals surface area contributed by atoms with Gasteiger partial charge in [-0.15, -0.1) is 0 Å². The van der Waals surface area contributed by atoms with Gasteiger partial charge in [0, 0.05) is 0 Å². The van der Waals surface area contributed by atoms with Crippen LogP contribution in [-0.2, 0) is 14.4 Å². The second-order valence-corrected chi connectivity index (χ2v) is 5.91. The zero-order valence-corrected chi connectivity index (χ0v) is 12.1. The predicted octanol–water partition coefficient (Wildman–Crippen LogP) is 3.12. The van der Waals surface area contributed by atoms with E-state index in [1.807, 2.05) is 37.3 Å². The standard InChI is InChI=1S/C15H15NO3S/c1-12-8-10-15(11-9-12)20(17,18)19-16-13(2)14-6-4-3-5-7-14/h3-11H,1-2H3/b16-13+. The maximum atomic E-state index is 11.9. The molecule has 0 heterocycles. The lowest BCUT2D eigenvalue weighted by atomic mass is 10.1. The number of hydrogen-bond acceptors (Lipinski definition) is 4. The van der Waals surface area contributed by atoms with Crippen molar-refractivity contribution in [2.75, 3.05) is 0 Å². The number of aryl methyl sites for hydroxylation is 1. The Bertz CT molecular complexity index is 705. The lowest BCUT2D eigenvalue weighted by molar-refractivity contribution is 0.339. The highest BCUT2D eigenvalue weighted by Crippen LogP contribution is 2.14. The van der Waals surface area contributed by atoms with E-state index in [2.05, 4.69) is 5.16 Å². The Morgan fingerprint density at radius 3 is 2.20 bits per heavy atom. The molecule has 2 rings (SSSR count). The lowest BCUT2D eigenvalue weighted by Gasteiger charge is -2.03. The molecule has 0 aliphatic rings. The molecule has 0 saturated carbocycles. The molecule has 0 N–H and O–H groups in total. The summed E-state index contributed by atoms with van der Waals surface area (Å²) < 4.78 is 28.6. The smallest absolute Gasteiger partial charge is 0.265 e. The third-order valence-corrected chi connectivity index (χ3v) is 3.89. The monoisotopic (exact) mass is 289 g/mol. The Labute approximate surface area is 118 Å². The van der Waals surface area contributed by atoms with Gasteiger partial charge < -0.3 is 0 Å². The van der Waals surface area contributed by atoms with Gasteiger partial charge in [0.05, 0.1) is 5.71 Å². The van der Waals surface area contributed by atoms with Crippen molar-refractivity contribution >= 4 is 15.8 Å². The average Bonchev–Trinajstić information content (AvgIpc) is 2.46. The first-order valence-corrected chi connectivity index (χ1v) is 7.50. The fraction of sp³-hybridized carbons (Fsp3) is 0.133. The van der Waals surface area contributed by atoms with E-state index < -0.39 is 10.1 Å². The second kappa shape index (κ2) is 5.88. The summed E-state index contributed by atoms with van der Waals surface area (Å²) in [4.78, 5) is 0.0905. The third kappa shape index (κ3) is 3.45. The van der Waals surface area contributed by atoms with Gasteiger partial charge in [-0.3, -0.25) is 4.28 Å². The highest BCUT2D eigenvalue weighted by Gasteiger charge is 2.15. The van der Waals surface area contributed by atoms with Crippen LogP contribution in [0.2, 0.25) is 0 Å². The third-order valence-electron chi connectivity index (χ3n) is 2.77. The summed E-state index contributed by atoms with van der Waals surface area (Å²) in [6.45, 7) is 3.58. The van der Waals surface area contributed by atoms with Crippen LogP contribution in [0.15, 0.2) is 64.6 Å². The second-order valence-electron chi connectivity index (χ2n) is 4.38. The highest BCUT2D eigenvalue weighted by molar-refractivity contribution is 7.86. The van der Waals surface area contributed by atoms with E-state index in [-0.39, 0.29) is 4.90 Å². The van der Waals surface area contributed by atoms with E-state index in [1.54, 1.807) is 19.1 Å². The SMILES string of the molecule is C/C(=N\OS(=O)(=O)c1ccc(C)cc1)c1ccccc1. The van der Waals surface area contributed by atoms with Crippen LogP contribution in [0.3, 0.4) is 0 Å². The van der Waals surface area contributed by atoms with Crippen LogP contribution >= 0.6 is 0 Å². The molecule has 2 aromatic rings. The topological polar surface area (TPSA) is 55.7 Å². The van der Waals surface area contributed by atoms with Gasteiger partial charge >= 0.3 is 10.1 Å². The van der Waals surface area contributed by atoms with Gasteiger partial charge in [0.25, 0.3) is 0 Å². The predicted molar refractivity (Wildman–Crippen MR) is 78.1 cm³/mol. The molecule has 104 valence electrons. The van der Waals surface area contributed by atoms with Crippen molar-refractivity contribution in [3.8, 4) is 0 Å². The van der Waals surface area contributed by atoms with Crippen molar-refractivity contribution in [3.05, 3.63) is 65.7 Å². The van der Waals surface area contributed by atoms with Crippen molar-refractivity contribution in [1.82, 2.24) is 0 Å². The van der Waals surface area contributed by atoms with Gasteiger partial charge in [-0.25, -0.2) is 0 Å². The molecule has 0 unspecified atom stereocenters. The van der Waals surface area contributed by atoms with Gasteiger partial charge in [0.15, 0.2) is 0 Å². The summed E-state index contributed by atoms with van der Waals surface area (Å²) in [5, 5.41) is 3.69. The van der Waals surface area contributed by atoms with E-state index in [0.29, 0.717) is 5.71 Å². The number of rotatable bonds is 4. The molecule has 5 heteroatoms. The van der Waals surface area contributed by atoms with Gasteiger partial charge in [0.2, 0.25) is 0 Å². The number of oxime groups is 1. The summed E-state index contributed by atoms with van der Waals surface area (Å²) in [6, 6.07) is 15.7. The van der Waals surface area contributed by atoms with E-state index >= 15 is 0 Å². The maximum absolute atomic E-state index is 11.9. The summed E-state index contributed by atoms with van der Waals surface area (Å²) in [6.07, 6.45) is 0. The Balaban J connectivity index is 2.19. The molecule has 0 fully saturated rings. The highest BCUT2D eigenvalue weighted by atomic mass is 32.2. The van der Waals surface area contributed by atoms with Gasteiger partial charge in [-0.05, 0) is 31.5 Å². The van der Waals surface area contributed by atoms with E-state index in [0.717, 1.165) is 11.1 Å². The van der Waals surface area contributed by atoms with Crippen LogP contribution in [0.4, 0.5) is 0 Å². The van der Waals surface area contributed by atoms with Gasteiger partial charge in [-0.2, -0.15) is 8.42 Å². The molecule has 0 spiro atoms.